The van der Waals surface area contributed by atoms with Crippen LogP contribution in [0.25, 0.3) is 5.57 Å². The van der Waals surface area contributed by atoms with Crippen molar-refractivity contribution in [3.8, 4) is 0 Å². The van der Waals surface area contributed by atoms with Crippen molar-refractivity contribution in [1.82, 2.24) is 0 Å². The van der Waals surface area contributed by atoms with Gasteiger partial charge in [0.05, 0.1) is 50.7 Å². The van der Waals surface area contributed by atoms with Crippen LogP contribution in [-0.4, -0.2) is 22.8 Å². The van der Waals surface area contributed by atoms with E-state index >= 15 is 0 Å². The van der Waals surface area contributed by atoms with Crippen LogP contribution in [0.1, 0.15) is 5.56 Å². The van der Waals surface area contributed by atoms with E-state index in [9.17, 15) is 0 Å². The van der Waals surface area contributed by atoms with E-state index in [4.69, 9.17) is 21.6 Å². The molecule has 31 heavy (non-hydrogen) atoms. The van der Waals surface area contributed by atoms with Crippen LogP contribution < -0.4 is 0 Å². The molecule has 0 fully saturated rings. The molecule has 146 valence electrons. The van der Waals surface area contributed by atoms with Gasteiger partial charge in [0.2, 0.25) is 0 Å². The molecule has 5 heterocycles. The fourth-order valence-corrected chi connectivity index (χ4v) is 4.11. The van der Waals surface area contributed by atoms with Gasteiger partial charge in [-0.15, -0.1) is 0 Å². The van der Waals surface area contributed by atoms with Gasteiger partial charge in [-0.25, -0.2) is 20.0 Å². The molecular weight excluding hydrogens is 404 g/mol. The molecule has 6 rings (SSSR count). The summed E-state index contributed by atoms with van der Waals surface area (Å²) in [5.74, 6) is 0. The second-order valence-electron chi connectivity index (χ2n) is 7.40. The predicted molar refractivity (Wildman–Crippen MR) is 129 cm³/mol. The summed E-state index contributed by atoms with van der Waals surface area (Å²) in [6.07, 6.45) is 19.6. The standard InChI is InChI=1S/C26H15ClN4/c27-26-24-15-22-11-9-20(30-22)13-18-7-6-17(28-18)12-19-8-10-21(29-19)14-23(31-24)25(26)16-4-2-1-3-5-16/h1-15H. The Labute approximate surface area is 184 Å². The summed E-state index contributed by atoms with van der Waals surface area (Å²) in [6, 6.07) is 10.1. The molecule has 0 saturated carbocycles. The third-order valence-corrected chi connectivity index (χ3v) is 5.60. The molecule has 0 aromatic heterocycles. The molecule has 0 unspecified atom stereocenters. The molecule has 0 amide bonds. The molecule has 4 nitrogen and oxygen atoms in total. The molecule has 0 radical (unpaired) electrons. The molecule has 5 aliphatic rings. The van der Waals surface area contributed by atoms with Crippen LogP contribution in [0, 0.1) is 0 Å². The summed E-state index contributed by atoms with van der Waals surface area (Å²) in [5.41, 5.74) is 8.42. The summed E-state index contributed by atoms with van der Waals surface area (Å²) in [5, 5.41) is 0.607. The maximum Gasteiger partial charge on any atom is 0.0852 e. The highest BCUT2D eigenvalue weighted by molar-refractivity contribution is 6.47. The summed E-state index contributed by atoms with van der Waals surface area (Å²) < 4.78 is 0. The lowest BCUT2D eigenvalue weighted by molar-refractivity contribution is 1.41. The smallest absolute Gasteiger partial charge is 0.0852 e. The zero-order valence-corrected chi connectivity index (χ0v) is 17.1. The van der Waals surface area contributed by atoms with Crippen LogP contribution in [0.2, 0.25) is 0 Å². The van der Waals surface area contributed by atoms with Crippen LogP contribution in [0.3, 0.4) is 0 Å². The average Bonchev–Trinajstić information content (AvgIpc) is 3.55. The van der Waals surface area contributed by atoms with Gasteiger partial charge < -0.3 is 0 Å². The third kappa shape index (κ3) is 3.37. The van der Waals surface area contributed by atoms with E-state index in [2.05, 4.69) is 9.98 Å². The number of benzene rings is 1. The Hall–Kier alpha value is -3.89. The van der Waals surface area contributed by atoms with Crippen LogP contribution in [0.15, 0.2) is 139 Å². The lowest BCUT2D eigenvalue weighted by Crippen LogP contribution is -1.97. The first-order valence-electron chi connectivity index (χ1n) is 9.93. The summed E-state index contributed by atoms with van der Waals surface area (Å²) in [4.78, 5) is 18.9. The Bertz CT molecular complexity index is 1400. The van der Waals surface area contributed by atoms with E-state index in [0.29, 0.717) is 10.7 Å². The molecule has 0 aliphatic carbocycles. The molecule has 0 N–H and O–H groups in total. The zero-order chi connectivity index (χ0) is 20.8. The fraction of sp³-hybridized carbons (Fsp3) is 0. The number of halogens is 1. The lowest BCUT2D eigenvalue weighted by atomic mass is 10.0. The van der Waals surface area contributed by atoms with Gasteiger partial charge in [0, 0.05) is 5.57 Å². The van der Waals surface area contributed by atoms with Crippen molar-refractivity contribution in [2.24, 2.45) is 20.0 Å². The molecule has 5 aliphatic heterocycles. The molecule has 1 aromatic carbocycles. The molecule has 8 bridgehead atoms. The van der Waals surface area contributed by atoms with Crippen molar-refractivity contribution in [3.05, 3.63) is 124 Å². The zero-order valence-electron chi connectivity index (χ0n) is 16.3. The van der Waals surface area contributed by atoms with E-state index < -0.39 is 0 Å². The van der Waals surface area contributed by atoms with Crippen molar-refractivity contribution < 1.29 is 0 Å². The monoisotopic (exact) mass is 418 g/mol. The second-order valence-corrected chi connectivity index (χ2v) is 7.78. The Balaban J connectivity index is 1.55. The van der Waals surface area contributed by atoms with Gasteiger partial charge in [0.1, 0.15) is 0 Å². The SMILES string of the molecule is ClC1=C(c2ccccc2)C2=NC1=CC1=NC(=CC3=NC(=CC4=NC(=C2)C=C4)C=C3)C=C1. The molecule has 0 saturated heterocycles. The van der Waals surface area contributed by atoms with E-state index in [1.54, 1.807) is 0 Å². The van der Waals surface area contributed by atoms with Crippen molar-refractivity contribution in [3.63, 3.8) is 0 Å². The summed E-state index contributed by atoms with van der Waals surface area (Å²) in [6.45, 7) is 0. The first-order chi connectivity index (χ1) is 15.2. The van der Waals surface area contributed by atoms with Gasteiger partial charge >= 0.3 is 0 Å². The number of hydrogen-bond acceptors (Lipinski definition) is 4. The number of hydrogen-bond donors (Lipinski definition) is 0. The minimum atomic E-state index is 0.607. The Morgan fingerprint density at radius 3 is 1.71 bits per heavy atom. The first-order valence-corrected chi connectivity index (χ1v) is 10.3. The van der Waals surface area contributed by atoms with Crippen LogP contribution in [-0.2, 0) is 0 Å². The van der Waals surface area contributed by atoms with Crippen LogP contribution in [0.4, 0.5) is 0 Å². The van der Waals surface area contributed by atoms with Crippen molar-refractivity contribution in [2.75, 3.05) is 0 Å². The topological polar surface area (TPSA) is 49.4 Å². The Morgan fingerprint density at radius 1 is 0.548 bits per heavy atom. The van der Waals surface area contributed by atoms with Crippen LogP contribution >= 0.6 is 11.6 Å². The average molecular weight is 419 g/mol. The Kier molecular flexibility index (Phi) is 4.11. The first kappa shape index (κ1) is 17.9. The molecule has 0 atom stereocenters. The van der Waals surface area contributed by atoms with Gasteiger partial charge in [-0.3, -0.25) is 0 Å². The van der Waals surface area contributed by atoms with Gasteiger partial charge in [-0.1, -0.05) is 41.9 Å². The Morgan fingerprint density at radius 2 is 1.10 bits per heavy atom. The van der Waals surface area contributed by atoms with Crippen LogP contribution in [0.5, 0.6) is 0 Å². The lowest BCUT2D eigenvalue weighted by Gasteiger charge is -2.04. The number of rotatable bonds is 1. The molecular formula is C26H15ClN4. The van der Waals surface area contributed by atoms with Gasteiger partial charge in [0.25, 0.3) is 0 Å². The van der Waals surface area contributed by atoms with Gasteiger partial charge in [0.15, 0.2) is 0 Å². The summed E-state index contributed by atoms with van der Waals surface area (Å²) >= 11 is 6.83. The predicted octanol–water partition coefficient (Wildman–Crippen LogP) is 5.67. The van der Waals surface area contributed by atoms with Gasteiger partial charge in [-0.05, 0) is 66.3 Å². The quantitative estimate of drug-likeness (QED) is 0.564. The highest BCUT2D eigenvalue weighted by Crippen LogP contribution is 2.36. The minimum absolute atomic E-state index is 0.607. The van der Waals surface area contributed by atoms with E-state index in [-0.39, 0.29) is 0 Å². The van der Waals surface area contributed by atoms with E-state index in [1.807, 2.05) is 91.1 Å². The molecule has 1 aromatic rings. The number of fused-ring (bicyclic) bond motifs is 4. The van der Waals surface area contributed by atoms with Crippen molar-refractivity contribution in [2.45, 2.75) is 0 Å². The van der Waals surface area contributed by atoms with Crippen molar-refractivity contribution >= 4 is 40.0 Å². The highest BCUT2D eigenvalue weighted by Gasteiger charge is 2.24. The maximum absolute atomic E-state index is 6.83. The number of nitrogens with zero attached hydrogens (tertiary/aromatic N) is 4. The largest absolute Gasteiger partial charge is 0.249 e. The van der Waals surface area contributed by atoms with Crippen molar-refractivity contribution in [1.29, 1.82) is 0 Å². The second kappa shape index (κ2) is 7.11. The summed E-state index contributed by atoms with van der Waals surface area (Å²) in [7, 11) is 0. The fourth-order valence-electron chi connectivity index (χ4n) is 3.80. The highest BCUT2D eigenvalue weighted by atomic mass is 35.5. The maximum atomic E-state index is 6.83. The number of aliphatic imine (C=N–C) groups is 4. The third-order valence-electron chi connectivity index (χ3n) is 5.21. The normalized spacial score (nSPS) is 20.8. The molecule has 5 heteroatoms. The number of allylic oxidation sites excluding steroid dienone is 12. The minimum Gasteiger partial charge on any atom is -0.249 e. The van der Waals surface area contributed by atoms with E-state index in [0.717, 1.165) is 51.1 Å². The molecule has 0 spiro atoms. The van der Waals surface area contributed by atoms with E-state index in [1.165, 1.54) is 0 Å². The van der Waals surface area contributed by atoms with Gasteiger partial charge in [-0.2, -0.15) is 0 Å².